The van der Waals surface area contributed by atoms with Gasteiger partial charge in [-0.05, 0) is 44.3 Å². The number of benzene rings is 1. The molecule has 2 rings (SSSR count). The lowest BCUT2D eigenvalue weighted by molar-refractivity contribution is 0.104. The van der Waals surface area contributed by atoms with Gasteiger partial charge in [-0.2, -0.15) is 0 Å². The first-order valence-corrected chi connectivity index (χ1v) is 6.83. The van der Waals surface area contributed by atoms with Crippen LogP contribution >= 0.6 is 0 Å². The second kappa shape index (κ2) is 6.89. The number of hydrogen-bond donors (Lipinski definition) is 1. The van der Waals surface area contributed by atoms with E-state index < -0.39 is 29.6 Å². The minimum Gasteiger partial charge on any atom is -0.385 e. The first-order chi connectivity index (χ1) is 10.4. The molecule has 0 saturated carbocycles. The van der Waals surface area contributed by atoms with Gasteiger partial charge in [0.2, 0.25) is 0 Å². The summed E-state index contributed by atoms with van der Waals surface area (Å²) >= 11 is 0. The maximum atomic E-state index is 13.8. The van der Waals surface area contributed by atoms with Gasteiger partial charge in [-0.15, -0.1) is 0 Å². The minimum absolute atomic E-state index is 0.149. The molecule has 0 amide bonds. The van der Waals surface area contributed by atoms with Crippen LogP contribution in [0.5, 0.6) is 0 Å². The molecule has 0 aliphatic heterocycles. The first-order valence-electron chi connectivity index (χ1n) is 6.83. The Morgan fingerprint density at radius 2 is 1.82 bits per heavy atom. The standard InChI is InChI=1S/C16H17F3N2O/c1-10(13-7-11(17)3-5-14(13)19)21(2)9-16(22)15-6-4-12(18)8-20-15/h3-8,10,16,22H,9H2,1-2H3. The Morgan fingerprint density at radius 1 is 1.14 bits per heavy atom. The predicted molar refractivity (Wildman–Crippen MR) is 76.6 cm³/mol. The average molecular weight is 310 g/mol. The lowest BCUT2D eigenvalue weighted by Gasteiger charge is -2.27. The number of aromatic nitrogens is 1. The monoisotopic (exact) mass is 310 g/mol. The van der Waals surface area contributed by atoms with Gasteiger partial charge in [0, 0.05) is 18.2 Å². The Kier molecular flexibility index (Phi) is 5.15. The summed E-state index contributed by atoms with van der Waals surface area (Å²) in [7, 11) is 1.68. The van der Waals surface area contributed by atoms with Crippen molar-refractivity contribution in [2.24, 2.45) is 0 Å². The summed E-state index contributed by atoms with van der Waals surface area (Å²) in [6, 6.07) is 5.43. The van der Waals surface area contributed by atoms with Crippen molar-refractivity contribution in [2.45, 2.75) is 19.1 Å². The number of halogens is 3. The van der Waals surface area contributed by atoms with Gasteiger partial charge in [0.05, 0.1) is 11.9 Å². The molecular weight excluding hydrogens is 293 g/mol. The van der Waals surface area contributed by atoms with Crippen molar-refractivity contribution in [2.75, 3.05) is 13.6 Å². The van der Waals surface area contributed by atoms with Crippen molar-refractivity contribution < 1.29 is 18.3 Å². The second-order valence-corrected chi connectivity index (χ2v) is 5.20. The fraction of sp³-hybridized carbons (Fsp3) is 0.312. The van der Waals surface area contributed by atoms with E-state index >= 15 is 0 Å². The Bertz CT molecular complexity index is 634. The van der Waals surface area contributed by atoms with Crippen LogP contribution in [-0.2, 0) is 0 Å². The van der Waals surface area contributed by atoms with Crippen LogP contribution in [0, 0.1) is 17.5 Å². The molecule has 118 valence electrons. The van der Waals surface area contributed by atoms with Crippen LogP contribution in [0.3, 0.4) is 0 Å². The fourth-order valence-electron chi connectivity index (χ4n) is 2.18. The molecule has 2 unspecified atom stereocenters. The number of likely N-dealkylation sites (N-methyl/N-ethyl adjacent to an activating group) is 1. The van der Waals surface area contributed by atoms with Crippen molar-refractivity contribution in [3.63, 3.8) is 0 Å². The topological polar surface area (TPSA) is 36.4 Å². The highest BCUT2D eigenvalue weighted by atomic mass is 19.1. The third-order valence-corrected chi connectivity index (χ3v) is 3.62. The van der Waals surface area contributed by atoms with Crippen LogP contribution in [0.25, 0.3) is 0 Å². The highest BCUT2D eigenvalue weighted by Gasteiger charge is 2.20. The fourth-order valence-corrected chi connectivity index (χ4v) is 2.18. The summed E-state index contributed by atoms with van der Waals surface area (Å²) in [5.41, 5.74) is 0.530. The van der Waals surface area contributed by atoms with Crippen LogP contribution < -0.4 is 0 Å². The largest absolute Gasteiger partial charge is 0.385 e. The minimum atomic E-state index is -0.954. The van der Waals surface area contributed by atoms with Gasteiger partial charge < -0.3 is 5.11 Å². The van der Waals surface area contributed by atoms with Gasteiger partial charge in [-0.3, -0.25) is 9.88 Å². The van der Waals surface area contributed by atoms with E-state index in [0.29, 0.717) is 5.69 Å². The predicted octanol–water partition coefficient (Wildman–Crippen LogP) is 3.23. The highest BCUT2D eigenvalue weighted by Crippen LogP contribution is 2.24. The summed E-state index contributed by atoms with van der Waals surface area (Å²) in [5.74, 6) is -1.51. The number of hydrogen-bond acceptors (Lipinski definition) is 3. The average Bonchev–Trinajstić information content (AvgIpc) is 2.49. The molecular formula is C16H17F3N2O. The number of aliphatic hydroxyl groups excluding tert-OH is 1. The molecule has 1 N–H and O–H groups in total. The van der Waals surface area contributed by atoms with Crippen LogP contribution in [0.1, 0.15) is 30.3 Å². The summed E-state index contributed by atoms with van der Waals surface area (Å²) in [4.78, 5) is 5.48. The van der Waals surface area contributed by atoms with E-state index in [9.17, 15) is 18.3 Å². The Hall–Kier alpha value is -1.92. The molecule has 0 radical (unpaired) electrons. The van der Waals surface area contributed by atoms with E-state index in [2.05, 4.69) is 4.98 Å². The van der Waals surface area contributed by atoms with Crippen molar-refractivity contribution in [1.29, 1.82) is 0 Å². The van der Waals surface area contributed by atoms with E-state index in [1.165, 1.54) is 12.1 Å². The van der Waals surface area contributed by atoms with Gasteiger partial charge in [0.15, 0.2) is 0 Å². The number of pyridine rings is 1. The van der Waals surface area contributed by atoms with Gasteiger partial charge in [-0.1, -0.05) is 0 Å². The van der Waals surface area contributed by atoms with Crippen LogP contribution in [0.4, 0.5) is 13.2 Å². The zero-order valence-electron chi connectivity index (χ0n) is 12.3. The number of rotatable bonds is 5. The molecule has 1 aromatic carbocycles. The van der Waals surface area contributed by atoms with Crippen molar-refractivity contribution in [3.8, 4) is 0 Å². The maximum Gasteiger partial charge on any atom is 0.141 e. The van der Waals surface area contributed by atoms with Crippen molar-refractivity contribution >= 4 is 0 Å². The van der Waals surface area contributed by atoms with Crippen LogP contribution in [-0.4, -0.2) is 28.6 Å². The van der Waals surface area contributed by atoms with Gasteiger partial charge >= 0.3 is 0 Å². The second-order valence-electron chi connectivity index (χ2n) is 5.20. The van der Waals surface area contributed by atoms with Crippen molar-refractivity contribution in [1.82, 2.24) is 9.88 Å². The van der Waals surface area contributed by atoms with E-state index in [-0.39, 0.29) is 12.1 Å². The molecule has 0 bridgehead atoms. The molecule has 2 aromatic rings. The molecule has 0 saturated heterocycles. The Balaban J connectivity index is 2.09. The molecule has 1 aromatic heterocycles. The van der Waals surface area contributed by atoms with Gasteiger partial charge in [-0.25, -0.2) is 13.2 Å². The van der Waals surface area contributed by atoms with E-state index in [1.807, 2.05) is 0 Å². The molecule has 0 aliphatic carbocycles. The van der Waals surface area contributed by atoms with Gasteiger partial charge in [0.1, 0.15) is 23.6 Å². The molecule has 22 heavy (non-hydrogen) atoms. The summed E-state index contributed by atoms with van der Waals surface area (Å²) in [6.07, 6.45) is 0.0680. The SMILES string of the molecule is CC(c1cc(F)ccc1F)N(C)CC(O)c1ccc(F)cn1. The molecule has 1 heterocycles. The lowest BCUT2D eigenvalue weighted by atomic mass is 10.1. The Labute approximate surface area is 127 Å². The molecule has 3 nitrogen and oxygen atoms in total. The van der Waals surface area contributed by atoms with Crippen molar-refractivity contribution in [3.05, 3.63) is 65.2 Å². The molecule has 6 heteroatoms. The zero-order valence-corrected chi connectivity index (χ0v) is 12.3. The number of aliphatic hydroxyl groups is 1. The molecule has 0 aliphatic rings. The molecule has 0 fully saturated rings. The lowest BCUT2D eigenvalue weighted by Crippen LogP contribution is -2.28. The van der Waals surface area contributed by atoms with Crippen LogP contribution in [0.15, 0.2) is 36.5 Å². The summed E-state index contributed by atoms with van der Waals surface area (Å²) in [6.45, 7) is 1.86. The zero-order chi connectivity index (χ0) is 16.3. The van der Waals surface area contributed by atoms with E-state index in [0.717, 1.165) is 24.4 Å². The molecule has 0 spiro atoms. The van der Waals surface area contributed by atoms with E-state index in [4.69, 9.17) is 0 Å². The smallest absolute Gasteiger partial charge is 0.141 e. The van der Waals surface area contributed by atoms with E-state index in [1.54, 1.807) is 18.9 Å². The first kappa shape index (κ1) is 16.5. The Morgan fingerprint density at radius 3 is 2.45 bits per heavy atom. The summed E-state index contributed by atoms with van der Waals surface area (Å²) < 4.78 is 39.8. The maximum absolute atomic E-state index is 13.8. The normalized spacial score (nSPS) is 14.1. The molecule has 2 atom stereocenters. The number of nitrogens with zero attached hydrogens (tertiary/aromatic N) is 2. The quantitative estimate of drug-likeness (QED) is 0.921. The summed E-state index contributed by atoms with van der Waals surface area (Å²) in [5, 5.41) is 10.1. The van der Waals surface area contributed by atoms with Gasteiger partial charge in [0.25, 0.3) is 0 Å². The third kappa shape index (κ3) is 3.84. The third-order valence-electron chi connectivity index (χ3n) is 3.62. The van der Waals surface area contributed by atoms with Crippen LogP contribution in [0.2, 0.25) is 0 Å². The highest BCUT2D eigenvalue weighted by molar-refractivity contribution is 5.22.